The van der Waals surface area contributed by atoms with Crippen LogP contribution in [0.3, 0.4) is 0 Å². The molecule has 0 amide bonds. The predicted molar refractivity (Wildman–Crippen MR) is 80.1 cm³/mol. The van der Waals surface area contributed by atoms with Crippen LogP contribution in [0.2, 0.25) is 0 Å². The third-order valence-corrected chi connectivity index (χ3v) is 3.83. The van der Waals surface area contributed by atoms with Crippen LogP contribution in [0.4, 0.5) is 11.4 Å². The maximum atomic E-state index is 10.7. The molecule has 6 heteroatoms. The number of nitrogens with two attached hydrogens (primary N) is 1. The van der Waals surface area contributed by atoms with Crippen LogP contribution in [0.25, 0.3) is 0 Å². The van der Waals surface area contributed by atoms with Crippen molar-refractivity contribution in [2.24, 2.45) is 0 Å². The monoisotopic (exact) mass is 290 g/mol. The van der Waals surface area contributed by atoms with Gasteiger partial charge in [0.25, 0.3) is 5.69 Å². The van der Waals surface area contributed by atoms with Crippen LogP contribution in [0.1, 0.15) is 5.56 Å². The molecule has 0 fully saturated rings. The first-order valence-electron chi connectivity index (χ1n) is 5.90. The van der Waals surface area contributed by atoms with Crippen molar-refractivity contribution < 1.29 is 9.66 Å². The van der Waals surface area contributed by atoms with Crippen molar-refractivity contribution in [1.29, 1.82) is 0 Å². The van der Waals surface area contributed by atoms with Gasteiger partial charge in [-0.25, -0.2) is 0 Å². The highest BCUT2D eigenvalue weighted by Gasteiger charge is 2.11. The number of anilines is 1. The molecule has 0 aliphatic heterocycles. The molecule has 0 saturated heterocycles. The van der Waals surface area contributed by atoms with Gasteiger partial charge in [0, 0.05) is 16.7 Å². The Kier molecular flexibility index (Phi) is 4.47. The fourth-order valence-corrected chi connectivity index (χ4v) is 2.58. The molecule has 0 heterocycles. The van der Waals surface area contributed by atoms with Crippen molar-refractivity contribution >= 4 is 23.1 Å². The molecular formula is C14H14N2O3S. The van der Waals surface area contributed by atoms with Gasteiger partial charge in [-0.1, -0.05) is 12.1 Å². The van der Waals surface area contributed by atoms with Gasteiger partial charge < -0.3 is 10.5 Å². The van der Waals surface area contributed by atoms with E-state index in [4.69, 9.17) is 10.5 Å². The number of benzene rings is 2. The molecule has 0 aromatic heterocycles. The summed E-state index contributed by atoms with van der Waals surface area (Å²) >= 11 is 1.58. The van der Waals surface area contributed by atoms with Crippen molar-refractivity contribution in [3.63, 3.8) is 0 Å². The van der Waals surface area contributed by atoms with E-state index in [0.29, 0.717) is 0 Å². The van der Waals surface area contributed by atoms with Gasteiger partial charge in [0.1, 0.15) is 11.4 Å². The maximum absolute atomic E-state index is 10.7. The Morgan fingerprint density at radius 3 is 2.50 bits per heavy atom. The average molecular weight is 290 g/mol. The van der Waals surface area contributed by atoms with Crippen molar-refractivity contribution in [2.75, 3.05) is 12.8 Å². The highest BCUT2D eigenvalue weighted by Crippen LogP contribution is 2.29. The molecule has 0 spiro atoms. The van der Waals surface area contributed by atoms with Crippen LogP contribution < -0.4 is 10.5 Å². The van der Waals surface area contributed by atoms with Crippen LogP contribution in [0.5, 0.6) is 5.75 Å². The summed E-state index contributed by atoms with van der Waals surface area (Å²) in [5, 5.41) is 10.7. The first kappa shape index (κ1) is 14.2. The molecule has 104 valence electrons. The van der Waals surface area contributed by atoms with Crippen LogP contribution >= 0.6 is 11.8 Å². The van der Waals surface area contributed by atoms with E-state index in [1.807, 2.05) is 24.3 Å². The van der Waals surface area contributed by atoms with Crippen LogP contribution in [0, 0.1) is 10.1 Å². The molecule has 5 nitrogen and oxygen atoms in total. The van der Waals surface area contributed by atoms with Gasteiger partial charge in [-0.3, -0.25) is 10.1 Å². The Morgan fingerprint density at radius 1 is 1.25 bits per heavy atom. The number of thioether (sulfide) groups is 1. The molecule has 2 aromatic carbocycles. The second-order valence-corrected chi connectivity index (χ2v) is 5.16. The largest absolute Gasteiger partial charge is 0.497 e. The number of hydrogen-bond donors (Lipinski definition) is 1. The summed E-state index contributed by atoms with van der Waals surface area (Å²) in [5.41, 5.74) is 6.94. The topological polar surface area (TPSA) is 78.4 Å². The summed E-state index contributed by atoms with van der Waals surface area (Å²) in [7, 11) is 1.63. The second-order valence-electron chi connectivity index (χ2n) is 4.11. The smallest absolute Gasteiger partial charge is 0.292 e. The lowest BCUT2D eigenvalue weighted by Gasteiger charge is -2.05. The highest BCUT2D eigenvalue weighted by molar-refractivity contribution is 7.98. The summed E-state index contributed by atoms with van der Waals surface area (Å²) in [6.45, 7) is 0. The summed E-state index contributed by atoms with van der Waals surface area (Å²) < 4.78 is 5.10. The molecule has 0 bridgehead atoms. The number of methoxy groups -OCH3 is 1. The predicted octanol–water partition coefficient (Wildman–Crippen LogP) is 3.48. The Morgan fingerprint density at radius 2 is 1.95 bits per heavy atom. The summed E-state index contributed by atoms with van der Waals surface area (Å²) in [4.78, 5) is 11.1. The third kappa shape index (κ3) is 3.42. The Labute approximate surface area is 120 Å². The Balaban J connectivity index is 2.03. The van der Waals surface area contributed by atoms with Crippen molar-refractivity contribution in [3.05, 3.63) is 58.1 Å². The quantitative estimate of drug-likeness (QED) is 0.395. The van der Waals surface area contributed by atoms with Gasteiger partial charge in [0.2, 0.25) is 0 Å². The molecule has 2 rings (SSSR count). The van der Waals surface area contributed by atoms with Crippen molar-refractivity contribution in [2.45, 2.75) is 10.6 Å². The SMILES string of the molecule is COc1ccc(CSc2ccc([N+](=O)[O-])c(N)c2)cc1. The van der Waals surface area contributed by atoms with Crippen LogP contribution in [-0.2, 0) is 5.75 Å². The maximum Gasteiger partial charge on any atom is 0.292 e. The molecule has 0 unspecified atom stereocenters. The normalized spacial score (nSPS) is 10.2. The van der Waals surface area contributed by atoms with E-state index in [2.05, 4.69) is 0 Å². The zero-order valence-electron chi connectivity index (χ0n) is 10.9. The van der Waals surface area contributed by atoms with E-state index >= 15 is 0 Å². The first-order valence-corrected chi connectivity index (χ1v) is 6.88. The minimum Gasteiger partial charge on any atom is -0.497 e. The highest BCUT2D eigenvalue weighted by atomic mass is 32.2. The van der Waals surface area contributed by atoms with Gasteiger partial charge in [0.05, 0.1) is 12.0 Å². The fourth-order valence-electron chi connectivity index (χ4n) is 1.68. The van der Waals surface area contributed by atoms with Crippen molar-refractivity contribution in [1.82, 2.24) is 0 Å². The summed E-state index contributed by atoms with van der Waals surface area (Å²) in [6.07, 6.45) is 0. The molecule has 2 N–H and O–H groups in total. The van der Waals surface area contributed by atoms with E-state index in [1.165, 1.54) is 6.07 Å². The van der Waals surface area contributed by atoms with Gasteiger partial charge in [0.15, 0.2) is 0 Å². The number of nitro benzene ring substituents is 1. The Bertz CT molecular complexity index is 614. The van der Waals surface area contributed by atoms with Gasteiger partial charge in [-0.05, 0) is 29.8 Å². The number of nitrogen functional groups attached to an aromatic ring is 1. The molecule has 0 atom stereocenters. The zero-order valence-corrected chi connectivity index (χ0v) is 11.7. The van der Waals surface area contributed by atoms with Gasteiger partial charge in [-0.2, -0.15) is 0 Å². The standard InChI is InChI=1S/C14H14N2O3S/c1-19-11-4-2-10(3-5-11)9-20-12-6-7-14(16(17)18)13(15)8-12/h2-8H,9,15H2,1H3. The lowest BCUT2D eigenvalue weighted by atomic mass is 10.2. The number of ether oxygens (including phenoxy) is 1. The van der Waals surface area contributed by atoms with E-state index in [9.17, 15) is 10.1 Å². The summed E-state index contributed by atoms with van der Waals surface area (Å²) in [6, 6.07) is 12.6. The Hall–Kier alpha value is -2.21. The van der Waals surface area contributed by atoms with E-state index in [-0.39, 0.29) is 11.4 Å². The fraction of sp³-hybridized carbons (Fsp3) is 0.143. The minimum absolute atomic E-state index is 0.0567. The number of rotatable bonds is 5. The molecule has 20 heavy (non-hydrogen) atoms. The first-order chi connectivity index (χ1) is 9.60. The van der Waals surface area contributed by atoms with Crippen LogP contribution in [-0.4, -0.2) is 12.0 Å². The molecule has 0 saturated carbocycles. The zero-order chi connectivity index (χ0) is 14.5. The molecule has 0 radical (unpaired) electrons. The van der Waals surface area contributed by atoms with E-state index < -0.39 is 4.92 Å². The lowest BCUT2D eigenvalue weighted by molar-refractivity contribution is -0.383. The number of hydrogen-bond acceptors (Lipinski definition) is 5. The molecule has 0 aliphatic carbocycles. The number of nitro groups is 1. The van der Waals surface area contributed by atoms with Crippen LogP contribution in [0.15, 0.2) is 47.4 Å². The van der Waals surface area contributed by atoms with E-state index in [1.54, 1.807) is 31.0 Å². The molecule has 0 aliphatic rings. The minimum atomic E-state index is -0.479. The van der Waals surface area contributed by atoms with Crippen molar-refractivity contribution in [3.8, 4) is 5.75 Å². The molecule has 2 aromatic rings. The van der Waals surface area contributed by atoms with Gasteiger partial charge in [-0.15, -0.1) is 11.8 Å². The molecular weight excluding hydrogens is 276 g/mol. The number of nitrogens with zero attached hydrogens (tertiary/aromatic N) is 1. The lowest BCUT2D eigenvalue weighted by Crippen LogP contribution is -1.95. The summed E-state index contributed by atoms with van der Waals surface area (Å²) in [5.74, 6) is 1.58. The van der Waals surface area contributed by atoms with Gasteiger partial charge >= 0.3 is 0 Å². The van der Waals surface area contributed by atoms with E-state index in [0.717, 1.165) is 22.0 Å². The second kappa shape index (κ2) is 6.29. The third-order valence-electron chi connectivity index (χ3n) is 2.76. The average Bonchev–Trinajstić information content (AvgIpc) is 2.45.